The van der Waals surface area contributed by atoms with Crippen molar-refractivity contribution in [2.75, 3.05) is 6.61 Å². The molecule has 20 heavy (non-hydrogen) atoms. The minimum Gasteiger partial charge on any atom is -0.460 e. The van der Waals surface area contributed by atoms with E-state index in [1.54, 1.807) is 25.1 Å². The van der Waals surface area contributed by atoms with Crippen molar-refractivity contribution in [1.29, 1.82) is 0 Å². The quantitative estimate of drug-likeness (QED) is 0.681. The Kier molecular flexibility index (Phi) is 3.19. The number of fused-ring (bicyclic) bond motifs is 3. The molecule has 0 saturated carbocycles. The summed E-state index contributed by atoms with van der Waals surface area (Å²) in [7, 11) is 0. The highest BCUT2D eigenvalue weighted by Gasteiger charge is 2.18. The van der Waals surface area contributed by atoms with E-state index in [1.165, 1.54) is 4.52 Å². The lowest BCUT2D eigenvalue weighted by atomic mass is 10.3. The van der Waals surface area contributed by atoms with Gasteiger partial charge in [0.15, 0.2) is 10.8 Å². The zero-order valence-electron chi connectivity index (χ0n) is 10.3. The first-order valence-electron chi connectivity index (χ1n) is 5.79. The molecule has 0 unspecified atom stereocenters. The van der Waals surface area contributed by atoms with E-state index in [2.05, 4.69) is 15.1 Å². The van der Waals surface area contributed by atoms with Gasteiger partial charge in [0.25, 0.3) is 5.82 Å². The predicted molar refractivity (Wildman–Crippen MR) is 74.3 cm³/mol. The van der Waals surface area contributed by atoms with Crippen LogP contribution in [-0.4, -0.2) is 32.2 Å². The van der Waals surface area contributed by atoms with Crippen LogP contribution >= 0.6 is 23.2 Å². The summed E-state index contributed by atoms with van der Waals surface area (Å²) in [5, 5.41) is 4.79. The van der Waals surface area contributed by atoms with Crippen molar-refractivity contribution >= 4 is 45.9 Å². The highest BCUT2D eigenvalue weighted by atomic mass is 35.5. The fourth-order valence-corrected chi connectivity index (χ4v) is 2.19. The Hall–Kier alpha value is -1.92. The first-order valence-corrected chi connectivity index (χ1v) is 6.54. The average molecular weight is 311 g/mol. The number of benzene rings is 1. The topological polar surface area (TPSA) is 69.4 Å². The monoisotopic (exact) mass is 310 g/mol. The van der Waals surface area contributed by atoms with Gasteiger partial charge in [-0.2, -0.15) is 4.98 Å². The number of carbonyl (C=O) groups excluding carboxylic acids is 1. The molecule has 0 aliphatic rings. The highest BCUT2D eigenvalue weighted by Crippen LogP contribution is 2.23. The van der Waals surface area contributed by atoms with Crippen molar-refractivity contribution < 1.29 is 9.53 Å². The third-order valence-corrected chi connectivity index (χ3v) is 3.12. The Labute approximate surface area is 123 Å². The van der Waals surface area contributed by atoms with E-state index < -0.39 is 5.97 Å². The number of halogens is 2. The van der Waals surface area contributed by atoms with Gasteiger partial charge >= 0.3 is 5.97 Å². The standard InChI is InChI=1S/C12H8Cl2N4O2/c1-2-20-12(19)10-16-11-9(14)15-7-4-3-6(13)5-8(7)18(11)17-10/h3-5H,2H2,1H3. The van der Waals surface area contributed by atoms with Crippen LogP contribution in [0.3, 0.4) is 0 Å². The second-order valence-corrected chi connectivity index (χ2v) is 4.72. The number of hydrogen-bond donors (Lipinski definition) is 0. The Balaban J connectivity index is 2.31. The lowest BCUT2D eigenvalue weighted by Crippen LogP contribution is -2.07. The Morgan fingerprint density at radius 2 is 2.15 bits per heavy atom. The van der Waals surface area contributed by atoms with Gasteiger partial charge in [-0.25, -0.2) is 14.3 Å². The van der Waals surface area contributed by atoms with Crippen LogP contribution in [-0.2, 0) is 4.74 Å². The van der Waals surface area contributed by atoms with Crippen LogP contribution in [0.2, 0.25) is 10.2 Å². The average Bonchev–Trinajstić information content (AvgIpc) is 2.86. The van der Waals surface area contributed by atoms with Gasteiger partial charge in [0, 0.05) is 5.02 Å². The van der Waals surface area contributed by atoms with Crippen LogP contribution in [0.25, 0.3) is 16.7 Å². The molecule has 0 N–H and O–H groups in total. The molecule has 6 nitrogen and oxygen atoms in total. The van der Waals surface area contributed by atoms with Crippen LogP contribution in [0.5, 0.6) is 0 Å². The van der Waals surface area contributed by atoms with Crippen LogP contribution in [0.4, 0.5) is 0 Å². The molecule has 8 heteroatoms. The summed E-state index contributed by atoms with van der Waals surface area (Å²) in [6.45, 7) is 1.95. The van der Waals surface area contributed by atoms with Crippen molar-refractivity contribution in [2.45, 2.75) is 6.92 Å². The molecule has 0 aliphatic heterocycles. The molecule has 0 spiro atoms. The number of esters is 1. The van der Waals surface area contributed by atoms with E-state index >= 15 is 0 Å². The molecule has 0 radical (unpaired) electrons. The molecule has 3 aromatic rings. The molecule has 0 fully saturated rings. The van der Waals surface area contributed by atoms with Gasteiger partial charge in [-0.05, 0) is 25.1 Å². The maximum atomic E-state index is 11.7. The summed E-state index contributed by atoms with van der Waals surface area (Å²) in [5.74, 6) is -0.675. The zero-order valence-corrected chi connectivity index (χ0v) is 11.8. The van der Waals surface area contributed by atoms with Gasteiger partial charge in [-0.3, -0.25) is 0 Å². The SMILES string of the molecule is CCOC(=O)c1nc2c(Cl)nc3ccc(Cl)cc3n2n1. The van der Waals surface area contributed by atoms with Gasteiger partial charge in [0.1, 0.15) is 0 Å². The second-order valence-electron chi connectivity index (χ2n) is 3.93. The normalized spacial score (nSPS) is 11.2. The Morgan fingerprint density at radius 1 is 1.35 bits per heavy atom. The van der Waals surface area contributed by atoms with Crippen molar-refractivity contribution in [2.24, 2.45) is 0 Å². The van der Waals surface area contributed by atoms with E-state index in [-0.39, 0.29) is 23.2 Å². The lowest BCUT2D eigenvalue weighted by Gasteiger charge is -2.01. The molecule has 2 heterocycles. The molecule has 0 aliphatic carbocycles. The minimum absolute atomic E-state index is 0.0666. The molecule has 3 rings (SSSR count). The van der Waals surface area contributed by atoms with E-state index in [0.29, 0.717) is 16.1 Å². The third kappa shape index (κ3) is 2.07. The molecule has 0 saturated heterocycles. The number of hydrogen-bond acceptors (Lipinski definition) is 5. The van der Waals surface area contributed by atoms with Gasteiger partial charge in [0.2, 0.25) is 0 Å². The van der Waals surface area contributed by atoms with E-state index in [0.717, 1.165) is 0 Å². The molecule has 2 aromatic heterocycles. The fourth-order valence-electron chi connectivity index (χ4n) is 1.81. The maximum Gasteiger partial charge on any atom is 0.378 e. The van der Waals surface area contributed by atoms with Crippen LogP contribution < -0.4 is 0 Å². The summed E-state index contributed by atoms with van der Waals surface area (Å²) in [6.07, 6.45) is 0. The molecular weight excluding hydrogens is 303 g/mol. The first kappa shape index (κ1) is 13.1. The smallest absolute Gasteiger partial charge is 0.378 e. The number of nitrogens with zero attached hydrogens (tertiary/aromatic N) is 4. The summed E-state index contributed by atoms with van der Waals surface area (Å²) < 4.78 is 6.30. The van der Waals surface area contributed by atoms with Gasteiger partial charge < -0.3 is 4.74 Å². The van der Waals surface area contributed by atoms with E-state index in [4.69, 9.17) is 27.9 Å². The van der Waals surface area contributed by atoms with Crippen molar-refractivity contribution in [3.63, 3.8) is 0 Å². The Bertz CT molecular complexity index is 831. The molecule has 0 bridgehead atoms. The largest absolute Gasteiger partial charge is 0.460 e. The van der Waals surface area contributed by atoms with E-state index in [1.807, 2.05) is 0 Å². The summed E-state index contributed by atoms with van der Waals surface area (Å²) in [6, 6.07) is 5.09. The zero-order chi connectivity index (χ0) is 14.3. The third-order valence-electron chi connectivity index (χ3n) is 2.63. The van der Waals surface area contributed by atoms with E-state index in [9.17, 15) is 4.79 Å². The second kappa shape index (κ2) is 4.88. The fraction of sp³-hybridized carbons (Fsp3) is 0.167. The molecule has 102 valence electrons. The number of aromatic nitrogens is 4. The highest BCUT2D eigenvalue weighted by molar-refractivity contribution is 6.33. The van der Waals surface area contributed by atoms with Crippen LogP contribution in [0.1, 0.15) is 17.5 Å². The number of rotatable bonds is 2. The van der Waals surface area contributed by atoms with Crippen molar-refractivity contribution in [1.82, 2.24) is 19.6 Å². The number of carbonyl (C=O) groups is 1. The Morgan fingerprint density at radius 3 is 2.90 bits per heavy atom. The molecule has 1 aromatic carbocycles. The summed E-state index contributed by atoms with van der Waals surface area (Å²) >= 11 is 12.0. The minimum atomic E-state index is -0.609. The molecule has 0 amide bonds. The van der Waals surface area contributed by atoms with Crippen LogP contribution in [0.15, 0.2) is 18.2 Å². The van der Waals surface area contributed by atoms with Crippen molar-refractivity contribution in [3.05, 3.63) is 34.2 Å². The lowest BCUT2D eigenvalue weighted by molar-refractivity contribution is 0.0512. The summed E-state index contributed by atoms with van der Waals surface area (Å²) in [4.78, 5) is 19.9. The van der Waals surface area contributed by atoms with Crippen LogP contribution in [0, 0.1) is 0 Å². The number of ether oxygens (including phenoxy) is 1. The first-order chi connectivity index (χ1) is 9.60. The van der Waals surface area contributed by atoms with Crippen molar-refractivity contribution in [3.8, 4) is 0 Å². The van der Waals surface area contributed by atoms with Gasteiger partial charge in [-0.1, -0.05) is 23.2 Å². The van der Waals surface area contributed by atoms with Gasteiger partial charge in [0.05, 0.1) is 17.6 Å². The predicted octanol–water partition coefficient (Wildman–Crippen LogP) is 2.76. The van der Waals surface area contributed by atoms with Gasteiger partial charge in [-0.15, -0.1) is 5.10 Å². The maximum absolute atomic E-state index is 11.7. The molecular formula is C12H8Cl2N4O2. The molecule has 0 atom stereocenters. The summed E-state index contributed by atoms with van der Waals surface area (Å²) in [5.41, 5.74) is 1.50.